The Morgan fingerprint density at radius 2 is 2.15 bits per heavy atom. The average molecular weight is 295 g/mol. The molecule has 1 aromatic heterocycles. The standard InChI is InChI=1S/C14H21N3O2S/c1-10(18)16-14-17-12(9-20-14)13(19)15-8-4-7-11-5-2-3-6-11/h9,11H,2-8H2,1H3,(H,15,19)(H,16,17,18). The molecule has 0 aliphatic heterocycles. The van der Waals surface area contributed by atoms with Gasteiger partial charge in [0, 0.05) is 18.8 Å². The van der Waals surface area contributed by atoms with E-state index in [0.29, 0.717) is 17.4 Å². The average Bonchev–Trinajstić information content (AvgIpc) is 3.04. The highest BCUT2D eigenvalue weighted by Crippen LogP contribution is 2.28. The number of anilines is 1. The highest BCUT2D eigenvalue weighted by atomic mass is 32.1. The number of rotatable bonds is 6. The molecule has 5 nitrogen and oxygen atoms in total. The van der Waals surface area contributed by atoms with E-state index in [2.05, 4.69) is 15.6 Å². The Hall–Kier alpha value is -1.43. The smallest absolute Gasteiger partial charge is 0.270 e. The van der Waals surface area contributed by atoms with Gasteiger partial charge in [-0.3, -0.25) is 9.59 Å². The highest BCUT2D eigenvalue weighted by molar-refractivity contribution is 7.14. The zero-order chi connectivity index (χ0) is 14.4. The molecule has 0 atom stereocenters. The van der Waals surface area contributed by atoms with Crippen molar-refractivity contribution in [3.05, 3.63) is 11.1 Å². The molecule has 1 aromatic rings. The summed E-state index contributed by atoms with van der Waals surface area (Å²) in [4.78, 5) is 26.8. The summed E-state index contributed by atoms with van der Waals surface area (Å²) >= 11 is 1.26. The van der Waals surface area contributed by atoms with Gasteiger partial charge in [0.15, 0.2) is 5.13 Å². The van der Waals surface area contributed by atoms with Gasteiger partial charge in [0.2, 0.25) is 5.91 Å². The van der Waals surface area contributed by atoms with Gasteiger partial charge in [-0.15, -0.1) is 11.3 Å². The molecule has 1 aliphatic rings. The molecule has 0 saturated heterocycles. The second-order valence-electron chi connectivity index (χ2n) is 5.27. The fourth-order valence-electron chi connectivity index (χ4n) is 2.57. The Morgan fingerprint density at radius 3 is 2.85 bits per heavy atom. The topological polar surface area (TPSA) is 71.1 Å². The Morgan fingerprint density at radius 1 is 1.40 bits per heavy atom. The lowest BCUT2D eigenvalue weighted by Gasteiger charge is -2.08. The number of nitrogens with one attached hydrogen (secondary N) is 2. The number of aromatic nitrogens is 1. The summed E-state index contributed by atoms with van der Waals surface area (Å²) in [5, 5.41) is 7.59. The van der Waals surface area contributed by atoms with Crippen LogP contribution in [0.1, 0.15) is 55.9 Å². The van der Waals surface area contributed by atoms with Crippen molar-refractivity contribution in [3.63, 3.8) is 0 Å². The molecule has 2 rings (SSSR count). The van der Waals surface area contributed by atoms with Gasteiger partial charge in [-0.05, 0) is 18.8 Å². The lowest BCUT2D eigenvalue weighted by atomic mass is 10.0. The van der Waals surface area contributed by atoms with E-state index in [4.69, 9.17) is 0 Å². The fraction of sp³-hybridized carbons (Fsp3) is 0.643. The van der Waals surface area contributed by atoms with Gasteiger partial charge in [-0.25, -0.2) is 4.98 Å². The molecule has 1 saturated carbocycles. The maximum Gasteiger partial charge on any atom is 0.270 e. The number of hydrogen-bond acceptors (Lipinski definition) is 4. The molecule has 0 unspecified atom stereocenters. The van der Waals surface area contributed by atoms with E-state index < -0.39 is 0 Å². The predicted octanol–water partition coefficient (Wildman–Crippen LogP) is 2.80. The Bertz CT molecular complexity index is 467. The Kier molecular flexibility index (Phi) is 5.52. The molecule has 2 amide bonds. The lowest BCUT2D eigenvalue weighted by molar-refractivity contribution is -0.114. The summed E-state index contributed by atoms with van der Waals surface area (Å²) in [7, 11) is 0. The van der Waals surface area contributed by atoms with Crippen LogP contribution in [0, 0.1) is 5.92 Å². The molecular formula is C14H21N3O2S. The monoisotopic (exact) mass is 295 g/mol. The van der Waals surface area contributed by atoms with Gasteiger partial charge >= 0.3 is 0 Å². The van der Waals surface area contributed by atoms with Crippen molar-refractivity contribution >= 4 is 28.3 Å². The number of carbonyl (C=O) groups excluding carboxylic acids is 2. The molecule has 0 radical (unpaired) electrons. The van der Waals surface area contributed by atoms with Gasteiger partial charge < -0.3 is 10.6 Å². The van der Waals surface area contributed by atoms with Crippen molar-refractivity contribution in [2.24, 2.45) is 5.92 Å². The molecule has 20 heavy (non-hydrogen) atoms. The first-order valence-electron chi connectivity index (χ1n) is 7.16. The molecule has 1 aliphatic carbocycles. The van der Waals surface area contributed by atoms with Crippen LogP contribution >= 0.6 is 11.3 Å². The Labute approximate surface area is 123 Å². The van der Waals surface area contributed by atoms with Gasteiger partial charge in [0.25, 0.3) is 5.91 Å². The summed E-state index contributed by atoms with van der Waals surface area (Å²) in [6.45, 7) is 2.12. The first-order valence-corrected chi connectivity index (χ1v) is 8.04. The number of hydrogen-bond donors (Lipinski definition) is 2. The van der Waals surface area contributed by atoms with Crippen LogP contribution < -0.4 is 10.6 Å². The first kappa shape index (κ1) is 15.0. The minimum Gasteiger partial charge on any atom is -0.351 e. The first-order chi connectivity index (χ1) is 9.65. The maximum absolute atomic E-state index is 11.9. The normalized spacial score (nSPS) is 15.2. The lowest BCUT2D eigenvalue weighted by Crippen LogP contribution is -2.25. The van der Waals surface area contributed by atoms with E-state index in [-0.39, 0.29) is 11.8 Å². The van der Waals surface area contributed by atoms with Crippen molar-refractivity contribution < 1.29 is 9.59 Å². The van der Waals surface area contributed by atoms with Crippen molar-refractivity contribution in [2.75, 3.05) is 11.9 Å². The number of amides is 2. The van der Waals surface area contributed by atoms with E-state index in [9.17, 15) is 9.59 Å². The molecule has 1 heterocycles. The minimum absolute atomic E-state index is 0.163. The largest absolute Gasteiger partial charge is 0.351 e. The highest BCUT2D eigenvalue weighted by Gasteiger charge is 2.15. The third-order valence-corrected chi connectivity index (χ3v) is 4.33. The van der Waals surface area contributed by atoms with Gasteiger partial charge in [0.1, 0.15) is 5.69 Å². The van der Waals surface area contributed by atoms with Crippen LogP contribution in [0.2, 0.25) is 0 Å². The molecular weight excluding hydrogens is 274 g/mol. The van der Waals surface area contributed by atoms with Gasteiger partial charge in [-0.2, -0.15) is 0 Å². The summed E-state index contributed by atoms with van der Waals surface area (Å²) < 4.78 is 0. The zero-order valence-electron chi connectivity index (χ0n) is 11.8. The Balaban J connectivity index is 1.68. The van der Waals surface area contributed by atoms with Crippen molar-refractivity contribution in [1.82, 2.24) is 10.3 Å². The van der Waals surface area contributed by atoms with Crippen LogP contribution in [0.15, 0.2) is 5.38 Å². The quantitative estimate of drug-likeness (QED) is 0.793. The van der Waals surface area contributed by atoms with Crippen LogP contribution in [-0.2, 0) is 4.79 Å². The zero-order valence-corrected chi connectivity index (χ0v) is 12.6. The van der Waals surface area contributed by atoms with Gasteiger partial charge in [-0.1, -0.05) is 25.7 Å². The number of nitrogens with zero attached hydrogens (tertiary/aromatic N) is 1. The van der Waals surface area contributed by atoms with Crippen LogP contribution in [0.4, 0.5) is 5.13 Å². The van der Waals surface area contributed by atoms with Crippen LogP contribution in [0.3, 0.4) is 0 Å². The summed E-state index contributed by atoms with van der Waals surface area (Å²) in [5.74, 6) is 0.518. The maximum atomic E-state index is 11.9. The molecule has 110 valence electrons. The summed E-state index contributed by atoms with van der Waals surface area (Å²) in [6, 6.07) is 0. The minimum atomic E-state index is -0.178. The second kappa shape index (κ2) is 7.38. The molecule has 0 aromatic carbocycles. The van der Waals surface area contributed by atoms with E-state index in [1.165, 1.54) is 50.4 Å². The SMILES string of the molecule is CC(=O)Nc1nc(C(=O)NCCCC2CCCC2)cs1. The third-order valence-electron chi connectivity index (χ3n) is 3.57. The number of carbonyl (C=O) groups is 2. The third kappa shape index (κ3) is 4.59. The summed E-state index contributed by atoms with van der Waals surface area (Å²) in [6.07, 6.45) is 7.65. The fourth-order valence-corrected chi connectivity index (χ4v) is 3.30. The van der Waals surface area contributed by atoms with E-state index in [1.54, 1.807) is 5.38 Å². The van der Waals surface area contributed by atoms with Crippen LogP contribution in [-0.4, -0.2) is 23.3 Å². The molecule has 0 spiro atoms. The van der Waals surface area contributed by atoms with Crippen LogP contribution in [0.25, 0.3) is 0 Å². The molecule has 6 heteroatoms. The van der Waals surface area contributed by atoms with E-state index in [1.807, 2.05) is 0 Å². The van der Waals surface area contributed by atoms with E-state index >= 15 is 0 Å². The molecule has 2 N–H and O–H groups in total. The second-order valence-corrected chi connectivity index (χ2v) is 6.13. The predicted molar refractivity (Wildman–Crippen MR) is 79.9 cm³/mol. The molecule has 0 bridgehead atoms. The van der Waals surface area contributed by atoms with Crippen molar-refractivity contribution in [3.8, 4) is 0 Å². The molecule has 1 fully saturated rings. The van der Waals surface area contributed by atoms with E-state index in [0.717, 1.165) is 12.3 Å². The van der Waals surface area contributed by atoms with Crippen molar-refractivity contribution in [1.29, 1.82) is 0 Å². The summed E-state index contributed by atoms with van der Waals surface area (Å²) in [5.41, 5.74) is 0.375. The van der Waals surface area contributed by atoms with Gasteiger partial charge in [0.05, 0.1) is 0 Å². The van der Waals surface area contributed by atoms with Crippen molar-refractivity contribution in [2.45, 2.75) is 45.4 Å². The number of thiazole rings is 1. The van der Waals surface area contributed by atoms with Crippen LogP contribution in [0.5, 0.6) is 0 Å².